The average Bonchev–Trinajstić information content (AvgIpc) is 3.16. The van der Waals surface area contributed by atoms with Crippen LogP contribution in [0.5, 0.6) is 23.3 Å². The van der Waals surface area contributed by atoms with E-state index in [1.54, 1.807) is 0 Å². The molecule has 0 atom stereocenters. The lowest BCUT2D eigenvalue weighted by atomic mass is 9.98. The van der Waals surface area contributed by atoms with Crippen molar-refractivity contribution in [3.05, 3.63) is 169 Å². The fourth-order valence-electron chi connectivity index (χ4n) is 5.42. The van der Waals surface area contributed by atoms with Crippen LogP contribution >= 0.6 is 0 Å². The summed E-state index contributed by atoms with van der Waals surface area (Å²) in [6.45, 7) is 0. The molecular formula is C42H26N4O2. The van der Waals surface area contributed by atoms with E-state index in [0.29, 0.717) is 11.5 Å². The standard InChI is InChI=1S/C42H26N4O2/c43-27-39-40(28-44)46-42(48-38-25-35(31-17-9-3-10-18-31)22-36(26-38)32-19-11-4-12-20-32)41(45-39)47-37-23-33(29-13-5-1-6-14-29)21-34(24-37)30-15-7-2-8-16-30/h1-26H. The highest BCUT2D eigenvalue weighted by atomic mass is 16.5. The van der Waals surface area contributed by atoms with Crippen LogP contribution in [-0.2, 0) is 0 Å². The summed E-state index contributed by atoms with van der Waals surface area (Å²) in [6, 6.07) is 55.7. The van der Waals surface area contributed by atoms with Gasteiger partial charge in [0, 0.05) is 0 Å². The van der Waals surface area contributed by atoms with Gasteiger partial charge in [-0.25, -0.2) is 0 Å². The Morgan fingerprint density at radius 3 is 0.875 bits per heavy atom. The van der Waals surface area contributed by atoms with Gasteiger partial charge in [-0.05, 0) is 80.9 Å². The molecule has 0 aliphatic rings. The van der Waals surface area contributed by atoms with Gasteiger partial charge in [-0.1, -0.05) is 121 Å². The maximum Gasteiger partial charge on any atom is 0.285 e. The van der Waals surface area contributed by atoms with Crippen molar-refractivity contribution in [1.29, 1.82) is 10.5 Å². The van der Waals surface area contributed by atoms with E-state index in [9.17, 15) is 10.5 Å². The zero-order valence-electron chi connectivity index (χ0n) is 25.6. The number of hydrogen-bond acceptors (Lipinski definition) is 6. The van der Waals surface area contributed by atoms with Crippen molar-refractivity contribution in [2.24, 2.45) is 0 Å². The average molecular weight is 619 g/mol. The van der Waals surface area contributed by atoms with Crippen molar-refractivity contribution in [3.8, 4) is 79.9 Å². The first-order valence-electron chi connectivity index (χ1n) is 15.3. The summed E-state index contributed by atoms with van der Waals surface area (Å²) in [4.78, 5) is 8.85. The molecule has 1 aromatic heterocycles. The Hall–Kier alpha value is -7.02. The molecule has 0 N–H and O–H groups in total. The van der Waals surface area contributed by atoms with Gasteiger partial charge in [-0.15, -0.1) is 0 Å². The van der Waals surface area contributed by atoms with E-state index in [4.69, 9.17) is 9.47 Å². The van der Waals surface area contributed by atoms with Gasteiger partial charge in [0.15, 0.2) is 11.4 Å². The molecule has 0 saturated carbocycles. The Morgan fingerprint density at radius 2 is 0.625 bits per heavy atom. The first-order valence-corrected chi connectivity index (χ1v) is 15.3. The number of benzene rings is 6. The molecule has 0 bridgehead atoms. The van der Waals surface area contributed by atoms with Crippen molar-refractivity contribution < 1.29 is 9.47 Å². The molecule has 0 saturated heterocycles. The van der Waals surface area contributed by atoms with Crippen LogP contribution < -0.4 is 9.47 Å². The maximum absolute atomic E-state index is 9.83. The van der Waals surface area contributed by atoms with Crippen LogP contribution in [0.25, 0.3) is 44.5 Å². The van der Waals surface area contributed by atoms with Gasteiger partial charge in [-0.2, -0.15) is 20.5 Å². The molecule has 6 nitrogen and oxygen atoms in total. The van der Waals surface area contributed by atoms with Crippen LogP contribution in [0.4, 0.5) is 0 Å². The summed E-state index contributed by atoms with van der Waals surface area (Å²) in [5, 5.41) is 19.7. The second-order valence-electron chi connectivity index (χ2n) is 10.9. The molecule has 6 aromatic carbocycles. The fourth-order valence-corrected chi connectivity index (χ4v) is 5.42. The Labute approximate surface area is 278 Å². The molecule has 6 heteroatoms. The smallest absolute Gasteiger partial charge is 0.285 e. The van der Waals surface area contributed by atoms with Gasteiger partial charge in [0.25, 0.3) is 11.8 Å². The Kier molecular flexibility index (Phi) is 8.37. The molecule has 0 spiro atoms. The number of ether oxygens (including phenoxy) is 2. The van der Waals surface area contributed by atoms with Crippen LogP contribution in [0, 0.1) is 22.7 Å². The normalized spacial score (nSPS) is 10.5. The summed E-state index contributed by atoms with van der Waals surface area (Å²) in [6.07, 6.45) is 0. The first-order chi connectivity index (χ1) is 23.7. The van der Waals surface area contributed by atoms with Crippen LogP contribution in [0.3, 0.4) is 0 Å². The third-order valence-corrected chi connectivity index (χ3v) is 7.72. The molecule has 1 heterocycles. The van der Waals surface area contributed by atoms with Crippen LogP contribution in [0.15, 0.2) is 158 Å². The second kappa shape index (κ2) is 13.5. The van der Waals surface area contributed by atoms with E-state index in [0.717, 1.165) is 44.5 Å². The van der Waals surface area contributed by atoms with Crippen LogP contribution in [0.2, 0.25) is 0 Å². The Morgan fingerprint density at radius 1 is 0.354 bits per heavy atom. The molecule has 0 radical (unpaired) electrons. The van der Waals surface area contributed by atoms with E-state index >= 15 is 0 Å². The lowest BCUT2D eigenvalue weighted by molar-refractivity contribution is 0.391. The van der Waals surface area contributed by atoms with E-state index < -0.39 is 0 Å². The largest absolute Gasteiger partial charge is 0.435 e. The minimum absolute atomic E-state index is 0.0406. The molecule has 0 aliphatic carbocycles. The van der Waals surface area contributed by atoms with Crippen molar-refractivity contribution >= 4 is 0 Å². The molecular weight excluding hydrogens is 592 g/mol. The van der Waals surface area contributed by atoms with Gasteiger partial charge in [0.1, 0.15) is 23.6 Å². The Balaban J connectivity index is 1.35. The number of nitriles is 2. The van der Waals surface area contributed by atoms with Gasteiger partial charge in [0.2, 0.25) is 0 Å². The van der Waals surface area contributed by atoms with Gasteiger partial charge in [0.05, 0.1) is 0 Å². The minimum Gasteiger partial charge on any atom is -0.435 e. The van der Waals surface area contributed by atoms with E-state index in [1.807, 2.05) is 158 Å². The number of hydrogen-bond donors (Lipinski definition) is 0. The van der Waals surface area contributed by atoms with Crippen molar-refractivity contribution in [1.82, 2.24) is 9.97 Å². The third kappa shape index (κ3) is 6.50. The summed E-state index contributed by atoms with van der Waals surface area (Å²) >= 11 is 0. The molecule has 7 rings (SSSR count). The van der Waals surface area contributed by atoms with E-state index in [-0.39, 0.29) is 23.1 Å². The highest BCUT2D eigenvalue weighted by Crippen LogP contribution is 2.39. The SMILES string of the molecule is N#Cc1nc(Oc2cc(-c3ccccc3)cc(-c3ccccc3)c2)c(Oc2cc(-c3ccccc3)cc(-c3ccccc3)c2)nc1C#N. The minimum atomic E-state index is -0.162. The summed E-state index contributed by atoms with van der Waals surface area (Å²) < 4.78 is 12.8. The highest BCUT2D eigenvalue weighted by molar-refractivity contribution is 5.77. The molecule has 0 amide bonds. The predicted molar refractivity (Wildman–Crippen MR) is 186 cm³/mol. The molecule has 0 aliphatic heterocycles. The van der Waals surface area contributed by atoms with E-state index in [1.165, 1.54) is 0 Å². The topological polar surface area (TPSA) is 91.8 Å². The zero-order valence-corrected chi connectivity index (χ0v) is 25.6. The summed E-state index contributed by atoms with van der Waals surface area (Å²) in [7, 11) is 0. The quantitative estimate of drug-likeness (QED) is 0.168. The predicted octanol–water partition coefficient (Wildman–Crippen LogP) is 10.5. The Bertz CT molecular complexity index is 2010. The third-order valence-electron chi connectivity index (χ3n) is 7.72. The lowest BCUT2D eigenvalue weighted by Crippen LogP contribution is -2.02. The molecule has 48 heavy (non-hydrogen) atoms. The van der Waals surface area contributed by atoms with Crippen LogP contribution in [0.1, 0.15) is 11.4 Å². The number of rotatable bonds is 8. The monoisotopic (exact) mass is 618 g/mol. The molecule has 0 fully saturated rings. The number of aromatic nitrogens is 2. The molecule has 7 aromatic rings. The highest BCUT2D eigenvalue weighted by Gasteiger charge is 2.20. The fraction of sp³-hybridized carbons (Fsp3) is 0. The molecule has 0 unspecified atom stereocenters. The summed E-state index contributed by atoms with van der Waals surface area (Å²) in [5.41, 5.74) is 7.42. The van der Waals surface area contributed by atoms with Crippen molar-refractivity contribution in [3.63, 3.8) is 0 Å². The first kappa shape index (κ1) is 29.7. The zero-order chi connectivity index (χ0) is 32.7. The number of nitrogens with zero attached hydrogens (tertiary/aromatic N) is 4. The lowest BCUT2D eigenvalue weighted by Gasteiger charge is -2.15. The second-order valence-corrected chi connectivity index (χ2v) is 10.9. The van der Waals surface area contributed by atoms with Gasteiger partial charge in [-0.3, -0.25) is 0 Å². The van der Waals surface area contributed by atoms with E-state index in [2.05, 4.69) is 22.1 Å². The van der Waals surface area contributed by atoms with Crippen LogP contribution in [-0.4, -0.2) is 9.97 Å². The van der Waals surface area contributed by atoms with Gasteiger partial charge < -0.3 is 9.47 Å². The van der Waals surface area contributed by atoms with Gasteiger partial charge >= 0.3 is 0 Å². The van der Waals surface area contributed by atoms with Crippen molar-refractivity contribution in [2.45, 2.75) is 0 Å². The molecule has 226 valence electrons. The maximum atomic E-state index is 9.83. The van der Waals surface area contributed by atoms with Crippen molar-refractivity contribution in [2.75, 3.05) is 0 Å². The summed E-state index contributed by atoms with van der Waals surface area (Å²) in [5.74, 6) is 0.847.